The number of thioether (sulfide) groups is 1. The van der Waals surface area contributed by atoms with Crippen molar-refractivity contribution in [2.75, 3.05) is 23.1 Å². The lowest BCUT2D eigenvalue weighted by Gasteiger charge is -2.24. The molecule has 5 nitrogen and oxygen atoms in total. The van der Waals surface area contributed by atoms with Gasteiger partial charge in [0.1, 0.15) is 6.54 Å². The smallest absolute Gasteiger partial charge is 0.264 e. The van der Waals surface area contributed by atoms with E-state index < -0.39 is 10.0 Å². The zero-order chi connectivity index (χ0) is 23.8. The first kappa shape index (κ1) is 25.4. The molecule has 0 aliphatic heterocycles. The summed E-state index contributed by atoms with van der Waals surface area (Å²) in [4.78, 5) is 12.8. The van der Waals surface area contributed by atoms with Crippen LogP contribution in [-0.4, -0.2) is 33.2 Å². The normalized spacial score (nSPS) is 11.2. The van der Waals surface area contributed by atoms with Crippen molar-refractivity contribution >= 4 is 56.6 Å². The third-order valence-corrected chi connectivity index (χ3v) is 8.16. The van der Waals surface area contributed by atoms with Crippen molar-refractivity contribution in [2.45, 2.75) is 17.6 Å². The molecule has 0 aliphatic carbocycles. The molecule has 0 saturated carbocycles. The van der Waals surface area contributed by atoms with Crippen LogP contribution in [-0.2, 0) is 20.6 Å². The first-order valence-corrected chi connectivity index (χ1v) is 13.6. The highest BCUT2D eigenvalue weighted by atomic mass is 35.5. The van der Waals surface area contributed by atoms with E-state index in [9.17, 15) is 13.2 Å². The number of anilines is 1. The second kappa shape index (κ2) is 11.8. The number of hydrogen-bond donors (Lipinski definition) is 1. The minimum atomic E-state index is -3.90. The molecular weight excluding hydrogens is 499 g/mol. The van der Waals surface area contributed by atoms with Crippen molar-refractivity contribution in [3.05, 3.63) is 94.0 Å². The van der Waals surface area contributed by atoms with E-state index in [1.807, 2.05) is 13.0 Å². The van der Waals surface area contributed by atoms with Gasteiger partial charge in [-0.3, -0.25) is 9.10 Å². The lowest BCUT2D eigenvalue weighted by molar-refractivity contribution is -0.119. The Morgan fingerprint density at radius 2 is 1.70 bits per heavy atom. The van der Waals surface area contributed by atoms with Crippen molar-refractivity contribution in [1.82, 2.24) is 5.32 Å². The molecule has 0 radical (unpaired) electrons. The van der Waals surface area contributed by atoms with Gasteiger partial charge in [0.25, 0.3) is 10.0 Å². The van der Waals surface area contributed by atoms with E-state index in [0.717, 1.165) is 15.4 Å². The first-order chi connectivity index (χ1) is 15.8. The highest BCUT2D eigenvalue weighted by Gasteiger charge is 2.26. The number of sulfonamides is 1. The average molecular weight is 524 g/mol. The van der Waals surface area contributed by atoms with Gasteiger partial charge in [-0.25, -0.2) is 8.42 Å². The van der Waals surface area contributed by atoms with Crippen LogP contribution in [0.4, 0.5) is 5.69 Å². The maximum absolute atomic E-state index is 13.3. The number of carbonyl (C=O) groups is 1. The van der Waals surface area contributed by atoms with E-state index in [0.29, 0.717) is 33.8 Å². The molecule has 1 N–H and O–H groups in total. The number of nitrogens with one attached hydrogen (secondary N) is 1. The molecule has 0 fully saturated rings. The number of carbonyl (C=O) groups excluding carboxylic acids is 1. The number of para-hydroxylation sites is 1. The van der Waals surface area contributed by atoms with Crippen LogP contribution in [0.2, 0.25) is 10.0 Å². The fourth-order valence-electron chi connectivity index (χ4n) is 3.02. The molecule has 0 aliphatic rings. The van der Waals surface area contributed by atoms with Crippen molar-refractivity contribution in [3.8, 4) is 0 Å². The number of hydrogen-bond acceptors (Lipinski definition) is 4. The van der Waals surface area contributed by atoms with Crippen LogP contribution >= 0.6 is 35.0 Å². The van der Waals surface area contributed by atoms with E-state index in [1.165, 1.54) is 0 Å². The zero-order valence-corrected chi connectivity index (χ0v) is 21.1. The highest BCUT2D eigenvalue weighted by Crippen LogP contribution is 2.25. The molecule has 0 saturated heterocycles. The molecule has 9 heteroatoms. The Bertz CT molecular complexity index is 1190. The molecule has 3 aromatic carbocycles. The molecule has 0 heterocycles. The predicted octanol–water partition coefficient (Wildman–Crippen LogP) is 5.55. The van der Waals surface area contributed by atoms with Crippen LogP contribution in [0, 0.1) is 6.92 Å². The summed E-state index contributed by atoms with van der Waals surface area (Å²) in [5.41, 5.74) is 2.35. The Balaban J connectivity index is 1.60. The molecule has 1 amide bonds. The SMILES string of the molecule is Cc1ccc(S(=O)(=O)N(CC(=O)NCCSCc2ccc(Cl)cc2Cl)c2ccccc2)cc1. The summed E-state index contributed by atoms with van der Waals surface area (Å²) in [5.74, 6) is 0.963. The fraction of sp³-hybridized carbons (Fsp3) is 0.208. The quantitative estimate of drug-likeness (QED) is 0.354. The number of amides is 1. The van der Waals surface area contributed by atoms with Gasteiger partial charge in [-0.05, 0) is 48.9 Å². The van der Waals surface area contributed by atoms with Crippen LogP contribution in [0.3, 0.4) is 0 Å². The van der Waals surface area contributed by atoms with Crippen LogP contribution in [0.1, 0.15) is 11.1 Å². The summed E-state index contributed by atoms with van der Waals surface area (Å²) < 4.78 is 27.7. The summed E-state index contributed by atoms with van der Waals surface area (Å²) in [6.45, 7) is 1.98. The summed E-state index contributed by atoms with van der Waals surface area (Å²) in [7, 11) is -3.90. The lowest BCUT2D eigenvalue weighted by Crippen LogP contribution is -2.41. The molecular formula is C24H24Cl2N2O3S2. The van der Waals surface area contributed by atoms with Crippen molar-refractivity contribution in [1.29, 1.82) is 0 Å². The standard InChI is InChI=1S/C24H24Cl2N2O3S2/c1-18-7-11-22(12-8-18)33(30,31)28(21-5-3-2-4-6-21)16-24(29)27-13-14-32-17-19-9-10-20(25)15-23(19)26/h2-12,15H,13-14,16-17H2,1H3,(H,27,29). The van der Waals surface area contributed by atoms with Gasteiger partial charge in [0.2, 0.25) is 5.91 Å². The monoisotopic (exact) mass is 522 g/mol. The first-order valence-electron chi connectivity index (χ1n) is 10.2. The Labute approximate surface area is 209 Å². The summed E-state index contributed by atoms with van der Waals surface area (Å²) >= 11 is 13.7. The summed E-state index contributed by atoms with van der Waals surface area (Å²) in [6, 6.07) is 20.6. The van der Waals surface area contributed by atoms with Crippen molar-refractivity contribution in [2.24, 2.45) is 0 Å². The van der Waals surface area contributed by atoms with Gasteiger partial charge in [0.05, 0.1) is 10.6 Å². The molecule has 3 rings (SSSR count). The Kier molecular flexibility index (Phi) is 9.09. The van der Waals surface area contributed by atoms with Gasteiger partial charge < -0.3 is 5.32 Å². The number of nitrogens with zero attached hydrogens (tertiary/aromatic N) is 1. The molecule has 174 valence electrons. The summed E-state index contributed by atoms with van der Waals surface area (Å²) in [6.07, 6.45) is 0. The molecule has 0 aromatic heterocycles. The topological polar surface area (TPSA) is 66.5 Å². The number of benzene rings is 3. The molecule has 33 heavy (non-hydrogen) atoms. The van der Waals surface area contributed by atoms with Crippen LogP contribution in [0.5, 0.6) is 0 Å². The van der Waals surface area contributed by atoms with Crippen LogP contribution in [0.15, 0.2) is 77.7 Å². The number of aryl methyl sites for hydroxylation is 1. The Morgan fingerprint density at radius 3 is 2.36 bits per heavy atom. The summed E-state index contributed by atoms with van der Waals surface area (Å²) in [5, 5.41) is 4.00. The Morgan fingerprint density at radius 1 is 1.00 bits per heavy atom. The van der Waals surface area contributed by atoms with Crippen molar-refractivity contribution < 1.29 is 13.2 Å². The predicted molar refractivity (Wildman–Crippen MR) is 138 cm³/mol. The molecule has 0 bridgehead atoms. The van der Waals surface area contributed by atoms with Gasteiger partial charge in [-0.1, -0.05) is 65.2 Å². The number of halogens is 2. The van der Waals surface area contributed by atoms with Gasteiger partial charge in [0.15, 0.2) is 0 Å². The minimum absolute atomic E-state index is 0.139. The molecule has 0 atom stereocenters. The van der Waals surface area contributed by atoms with E-state index in [-0.39, 0.29) is 17.3 Å². The average Bonchev–Trinajstić information content (AvgIpc) is 2.79. The van der Waals surface area contributed by atoms with Gasteiger partial charge in [-0.2, -0.15) is 11.8 Å². The lowest BCUT2D eigenvalue weighted by atomic mass is 10.2. The van der Waals surface area contributed by atoms with E-state index in [4.69, 9.17) is 23.2 Å². The highest BCUT2D eigenvalue weighted by molar-refractivity contribution is 7.98. The second-order valence-electron chi connectivity index (χ2n) is 7.30. The largest absolute Gasteiger partial charge is 0.354 e. The van der Waals surface area contributed by atoms with E-state index >= 15 is 0 Å². The minimum Gasteiger partial charge on any atom is -0.354 e. The van der Waals surface area contributed by atoms with E-state index in [2.05, 4.69) is 5.32 Å². The molecule has 0 unspecified atom stereocenters. The number of rotatable bonds is 10. The van der Waals surface area contributed by atoms with Gasteiger partial charge in [-0.15, -0.1) is 0 Å². The fourth-order valence-corrected chi connectivity index (χ4v) is 5.85. The van der Waals surface area contributed by atoms with Gasteiger partial charge in [0, 0.05) is 28.1 Å². The maximum Gasteiger partial charge on any atom is 0.264 e. The molecule has 3 aromatic rings. The Hall–Kier alpha value is -2.19. The van der Waals surface area contributed by atoms with E-state index in [1.54, 1.807) is 78.5 Å². The second-order valence-corrected chi connectivity index (χ2v) is 11.1. The van der Waals surface area contributed by atoms with Crippen LogP contribution in [0.25, 0.3) is 0 Å². The zero-order valence-electron chi connectivity index (χ0n) is 18.0. The third-order valence-electron chi connectivity index (χ3n) is 4.78. The van der Waals surface area contributed by atoms with Crippen LogP contribution < -0.4 is 9.62 Å². The maximum atomic E-state index is 13.3. The van der Waals surface area contributed by atoms with Crippen molar-refractivity contribution in [3.63, 3.8) is 0 Å². The third kappa shape index (κ3) is 7.14. The molecule has 0 spiro atoms. The van der Waals surface area contributed by atoms with Gasteiger partial charge >= 0.3 is 0 Å².